The lowest BCUT2D eigenvalue weighted by atomic mass is 10.2. The molecule has 0 N–H and O–H groups in total. The summed E-state index contributed by atoms with van der Waals surface area (Å²) in [6, 6.07) is 15.1. The Morgan fingerprint density at radius 3 is 2.50 bits per heavy atom. The van der Waals surface area contributed by atoms with E-state index in [1.807, 2.05) is 24.3 Å². The normalized spacial score (nSPS) is 12.2. The molecule has 1 aromatic carbocycles. The van der Waals surface area contributed by atoms with Crippen LogP contribution in [0.5, 0.6) is 0 Å². The maximum Gasteiger partial charge on any atom is 0.242 e. The Morgan fingerprint density at radius 1 is 1.00 bits per heavy atom. The minimum Gasteiger partial charge on any atom is -0.468 e. The van der Waals surface area contributed by atoms with Crippen LogP contribution in [0.4, 0.5) is 0 Å². The van der Waals surface area contributed by atoms with Gasteiger partial charge in [-0.1, -0.05) is 18.2 Å². The molecule has 0 atom stereocenters. The van der Waals surface area contributed by atoms with E-state index in [4.69, 9.17) is 4.42 Å². The maximum absolute atomic E-state index is 12.4. The van der Waals surface area contributed by atoms with Gasteiger partial charge in [0.15, 0.2) is 0 Å². The van der Waals surface area contributed by atoms with Crippen molar-refractivity contribution < 1.29 is 12.8 Å². The van der Waals surface area contributed by atoms with Crippen LogP contribution < -0.4 is 0 Å². The van der Waals surface area contributed by atoms with Gasteiger partial charge in [0.2, 0.25) is 10.0 Å². The van der Waals surface area contributed by atoms with Gasteiger partial charge in [0.25, 0.3) is 0 Å². The number of furan rings is 1. The van der Waals surface area contributed by atoms with Crippen LogP contribution in [0.15, 0.2) is 69.5 Å². The summed E-state index contributed by atoms with van der Waals surface area (Å²) in [6.45, 7) is 2.08. The largest absolute Gasteiger partial charge is 0.468 e. The van der Waals surface area contributed by atoms with Crippen molar-refractivity contribution in [3.05, 3.63) is 76.4 Å². The summed E-state index contributed by atoms with van der Waals surface area (Å²) in [6.07, 6.45) is 1.67. The quantitative estimate of drug-likeness (QED) is 0.587. The van der Waals surface area contributed by atoms with E-state index < -0.39 is 10.0 Å². The monoisotopic (exact) mass is 390 g/mol. The third kappa shape index (κ3) is 4.62. The number of rotatable bonds is 8. The molecule has 3 aromatic rings. The predicted molar refractivity (Wildman–Crippen MR) is 103 cm³/mol. The molecule has 5 nitrogen and oxygen atoms in total. The summed E-state index contributed by atoms with van der Waals surface area (Å²) in [4.78, 5) is 3.81. The van der Waals surface area contributed by atoms with Gasteiger partial charge in [0, 0.05) is 32.1 Å². The fraction of sp³-hybridized carbons (Fsp3) is 0.263. The standard InChI is InChI=1S/C19H22N2O3S2/c1-20(2)26(22,23)19-9-3-6-16(12-19)13-21(14-17-7-4-10-24-17)15-18-8-5-11-25-18/h3-12H,13-15H2,1-2H3. The van der Waals surface area contributed by atoms with Crippen molar-refractivity contribution >= 4 is 21.4 Å². The average molecular weight is 391 g/mol. The molecule has 138 valence electrons. The van der Waals surface area contributed by atoms with Gasteiger partial charge in [-0.2, -0.15) is 0 Å². The van der Waals surface area contributed by atoms with E-state index in [9.17, 15) is 8.42 Å². The van der Waals surface area contributed by atoms with E-state index in [-0.39, 0.29) is 0 Å². The fourth-order valence-electron chi connectivity index (χ4n) is 2.69. The Kier molecular flexibility index (Phi) is 5.93. The number of nitrogens with zero attached hydrogens (tertiary/aromatic N) is 2. The highest BCUT2D eigenvalue weighted by Crippen LogP contribution is 2.20. The molecule has 0 radical (unpaired) electrons. The Hall–Kier alpha value is -1.93. The summed E-state index contributed by atoms with van der Waals surface area (Å²) in [5.41, 5.74) is 0.955. The third-order valence-corrected chi connectivity index (χ3v) is 6.67. The Bertz CT molecular complexity index is 881. The summed E-state index contributed by atoms with van der Waals surface area (Å²) < 4.78 is 31.5. The van der Waals surface area contributed by atoms with Gasteiger partial charge < -0.3 is 4.42 Å². The number of hydrogen-bond acceptors (Lipinski definition) is 5. The second-order valence-corrected chi connectivity index (χ2v) is 9.42. The number of benzene rings is 1. The second kappa shape index (κ2) is 8.18. The molecule has 0 amide bonds. The minimum absolute atomic E-state index is 0.314. The molecule has 0 unspecified atom stereocenters. The molecule has 2 heterocycles. The molecule has 0 saturated heterocycles. The average Bonchev–Trinajstić information content (AvgIpc) is 3.29. The maximum atomic E-state index is 12.4. The van der Waals surface area contributed by atoms with Crippen molar-refractivity contribution in [3.8, 4) is 0 Å². The second-order valence-electron chi connectivity index (χ2n) is 6.24. The molecule has 0 aliphatic heterocycles. The molecular weight excluding hydrogens is 368 g/mol. The summed E-state index contributed by atoms with van der Waals surface area (Å²) >= 11 is 1.71. The van der Waals surface area contributed by atoms with E-state index >= 15 is 0 Å². The fourth-order valence-corrected chi connectivity index (χ4v) is 4.41. The highest BCUT2D eigenvalue weighted by molar-refractivity contribution is 7.89. The van der Waals surface area contributed by atoms with Gasteiger partial charge in [-0.3, -0.25) is 4.90 Å². The van der Waals surface area contributed by atoms with Crippen LogP contribution >= 0.6 is 11.3 Å². The Balaban J connectivity index is 1.82. The molecule has 0 bridgehead atoms. The molecule has 0 spiro atoms. The molecule has 0 saturated carbocycles. The van der Waals surface area contributed by atoms with Gasteiger partial charge in [-0.15, -0.1) is 11.3 Å². The molecule has 7 heteroatoms. The zero-order valence-electron chi connectivity index (χ0n) is 14.8. The SMILES string of the molecule is CN(C)S(=O)(=O)c1cccc(CN(Cc2ccco2)Cc2cccs2)c1. The summed E-state index contributed by atoms with van der Waals surface area (Å²) in [7, 11) is -0.349. The van der Waals surface area contributed by atoms with Gasteiger partial charge in [-0.25, -0.2) is 12.7 Å². The lowest BCUT2D eigenvalue weighted by molar-refractivity contribution is 0.228. The number of thiophene rings is 1. The molecule has 0 aliphatic carbocycles. The molecule has 0 aliphatic rings. The van der Waals surface area contributed by atoms with Gasteiger partial charge in [-0.05, 0) is 41.3 Å². The lowest BCUT2D eigenvalue weighted by Gasteiger charge is -2.21. The Labute approximate surface area is 158 Å². The van der Waals surface area contributed by atoms with Gasteiger partial charge in [0.1, 0.15) is 5.76 Å². The topological polar surface area (TPSA) is 53.8 Å². The first-order valence-corrected chi connectivity index (χ1v) is 10.6. The van der Waals surface area contributed by atoms with Crippen LogP contribution in [0.1, 0.15) is 16.2 Å². The van der Waals surface area contributed by atoms with Crippen molar-refractivity contribution in [2.75, 3.05) is 14.1 Å². The van der Waals surface area contributed by atoms with E-state index in [1.165, 1.54) is 9.18 Å². The molecule has 26 heavy (non-hydrogen) atoms. The van der Waals surface area contributed by atoms with Gasteiger partial charge in [0.05, 0.1) is 17.7 Å². The van der Waals surface area contributed by atoms with Crippen LogP contribution in [0.25, 0.3) is 0 Å². The van der Waals surface area contributed by atoms with E-state index in [2.05, 4.69) is 16.3 Å². The Morgan fingerprint density at radius 2 is 1.85 bits per heavy atom. The lowest BCUT2D eigenvalue weighted by Crippen LogP contribution is -2.23. The number of hydrogen-bond donors (Lipinski definition) is 0. The van der Waals surface area contributed by atoms with E-state index in [1.54, 1.807) is 49.9 Å². The zero-order chi connectivity index (χ0) is 18.6. The van der Waals surface area contributed by atoms with Crippen molar-refractivity contribution in [2.45, 2.75) is 24.5 Å². The van der Waals surface area contributed by atoms with E-state index in [0.29, 0.717) is 18.0 Å². The van der Waals surface area contributed by atoms with Crippen LogP contribution in [-0.4, -0.2) is 31.7 Å². The van der Waals surface area contributed by atoms with Gasteiger partial charge >= 0.3 is 0 Å². The smallest absolute Gasteiger partial charge is 0.242 e. The summed E-state index contributed by atoms with van der Waals surface area (Å²) in [5.74, 6) is 0.888. The van der Waals surface area contributed by atoms with Crippen LogP contribution in [0, 0.1) is 0 Å². The van der Waals surface area contributed by atoms with Crippen LogP contribution in [0.2, 0.25) is 0 Å². The third-order valence-electron chi connectivity index (χ3n) is 4.00. The van der Waals surface area contributed by atoms with Crippen molar-refractivity contribution in [2.24, 2.45) is 0 Å². The first kappa shape index (κ1) is 18.8. The highest BCUT2D eigenvalue weighted by atomic mass is 32.2. The first-order chi connectivity index (χ1) is 12.4. The van der Waals surface area contributed by atoms with E-state index in [0.717, 1.165) is 17.9 Å². The molecular formula is C19H22N2O3S2. The van der Waals surface area contributed by atoms with Crippen molar-refractivity contribution in [1.29, 1.82) is 0 Å². The van der Waals surface area contributed by atoms with Crippen molar-refractivity contribution in [1.82, 2.24) is 9.21 Å². The van der Waals surface area contributed by atoms with Crippen molar-refractivity contribution in [3.63, 3.8) is 0 Å². The molecule has 2 aromatic heterocycles. The minimum atomic E-state index is -3.44. The first-order valence-electron chi connectivity index (χ1n) is 8.24. The zero-order valence-corrected chi connectivity index (χ0v) is 16.5. The molecule has 0 fully saturated rings. The van der Waals surface area contributed by atoms with Crippen LogP contribution in [0.3, 0.4) is 0 Å². The predicted octanol–water partition coefficient (Wildman–Crippen LogP) is 3.79. The number of sulfonamides is 1. The molecule has 3 rings (SSSR count). The summed E-state index contributed by atoms with van der Waals surface area (Å²) in [5, 5.41) is 2.06. The highest BCUT2D eigenvalue weighted by Gasteiger charge is 2.18. The van der Waals surface area contributed by atoms with Crippen LogP contribution in [-0.2, 0) is 29.7 Å².